The molecule has 0 unspecified atom stereocenters. The van der Waals surface area contributed by atoms with E-state index in [4.69, 9.17) is 0 Å². The van der Waals surface area contributed by atoms with Crippen LogP contribution in [0.25, 0.3) is 10.9 Å². The quantitative estimate of drug-likeness (QED) is 0.833. The van der Waals surface area contributed by atoms with Crippen LogP contribution in [-0.2, 0) is 21.4 Å². The molecule has 1 aliphatic heterocycles. The van der Waals surface area contributed by atoms with Crippen molar-refractivity contribution in [1.29, 1.82) is 0 Å². The first-order valence-corrected chi connectivity index (χ1v) is 9.91. The number of hydrogen-bond acceptors (Lipinski definition) is 3. The van der Waals surface area contributed by atoms with Gasteiger partial charge in [-0.05, 0) is 25.5 Å². The van der Waals surface area contributed by atoms with Gasteiger partial charge in [0, 0.05) is 49.3 Å². The van der Waals surface area contributed by atoms with Gasteiger partial charge in [-0.25, -0.2) is 0 Å². The molecular weight excluding hydrogens is 340 g/mol. The van der Waals surface area contributed by atoms with Crippen LogP contribution in [-0.4, -0.2) is 60.7 Å². The van der Waals surface area contributed by atoms with Gasteiger partial charge in [-0.1, -0.05) is 18.2 Å². The van der Waals surface area contributed by atoms with Crippen LogP contribution in [0.5, 0.6) is 0 Å². The molecule has 1 fully saturated rings. The molecule has 136 valence electrons. The number of rotatable bonds is 5. The number of H-pyrrole nitrogens is 1. The van der Waals surface area contributed by atoms with Gasteiger partial charge in [-0.3, -0.25) is 4.79 Å². The second kappa shape index (κ2) is 7.15. The number of aromatic nitrogens is 1. The Morgan fingerprint density at radius 3 is 2.56 bits per heavy atom. The van der Waals surface area contributed by atoms with Crippen molar-refractivity contribution in [3.63, 3.8) is 0 Å². The average molecular weight is 364 g/mol. The van der Waals surface area contributed by atoms with Gasteiger partial charge in [0.2, 0.25) is 5.91 Å². The maximum atomic E-state index is 12.6. The molecule has 2 heterocycles. The van der Waals surface area contributed by atoms with Crippen LogP contribution >= 0.6 is 0 Å². The van der Waals surface area contributed by atoms with E-state index in [1.54, 1.807) is 18.7 Å². The van der Waals surface area contributed by atoms with Crippen molar-refractivity contribution in [2.75, 3.05) is 26.2 Å². The topological polar surface area (TPSA) is 85.5 Å². The zero-order valence-corrected chi connectivity index (χ0v) is 15.3. The first-order chi connectivity index (χ1) is 11.9. The van der Waals surface area contributed by atoms with Gasteiger partial charge in [0.05, 0.1) is 6.42 Å². The SMILES string of the molecule is CC(C)NS(=O)(=O)N1CCN(C(=O)Cc2c[nH]c3ccccc23)CC1. The van der Waals surface area contributed by atoms with E-state index < -0.39 is 10.2 Å². The molecule has 0 radical (unpaired) electrons. The summed E-state index contributed by atoms with van der Waals surface area (Å²) in [6.45, 7) is 5.06. The van der Waals surface area contributed by atoms with Gasteiger partial charge in [0.15, 0.2) is 0 Å². The fourth-order valence-electron chi connectivity index (χ4n) is 3.10. The highest BCUT2D eigenvalue weighted by Gasteiger charge is 2.29. The molecule has 1 aromatic carbocycles. The molecule has 25 heavy (non-hydrogen) atoms. The molecule has 8 heteroatoms. The average Bonchev–Trinajstić information content (AvgIpc) is 2.97. The minimum atomic E-state index is -3.47. The number of fused-ring (bicyclic) bond motifs is 1. The maximum Gasteiger partial charge on any atom is 0.279 e. The Bertz CT molecular complexity index is 852. The Labute approximate surface area is 148 Å². The minimum absolute atomic E-state index is 0.0265. The van der Waals surface area contributed by atoms with Gasteiger partial charge < -0.3 is 9.88 Å². The van der Waals surface area contributed by atoms with Gasteiger partial charge in [-0.2, -0.15) is 17.4 Å². The number of piperazine rings is 1. The Morgan fingerprint density at radius 1 is 1.20 bits per heavy atom. The van der Waals surface area contributed by atoms with Crippen molar-refractivity contribution < 1.29 is 13.2 Å². The van der Waals surface area contributed by atoms with E-state index in [-0.39, 0.29) is 11.9 Å². The molecule has 1 saturated heterocycles. The molecule has 1 aliphatic rings. The summed E-state index contributed by atoms with van der Waals surface area (Å²) >= 11 is 0. The molecule has 0 bridgehead atoms. The number of amides is 1. The number of carbonyl (C=O) groups is 1. The number of nitrogens with zero attached hydrogens (tertiary/aromatic N) is 2. The largest absolute Gasteiger partial charge is 0.361 e. The number of para-hydroxylation sites is 1. The normalized spacial score (nSPS) is 16.7. The molecule has 2 aromatic rings. The zero-order chi connectivity index (χ0) is 18.0. The second-order valence-corrected chi connectivity index (χ2v) is 8.30. The van der Waals surface area contributed by atoms with Crippen molar-refractivity contribution in [2.24, 2.45) is 0 Å². The van der Waals surface area contributed by atoms with Gasteiger partial charge in [0.1, 0.15) is 0 Å². The molecule has 3 rings (SSSR count). The molecule has 0 aliphatic carbocycles. The van der Waals surface area contributed by atoms with Crippen LogP contribution in [0.3, 0.4) is 0 Å². The predicted molar refractivity (Wildman–Crippen MR) is 97.3 cm³/mol. The molecular formula is C17H24N4O3S. The third-order valence-corrected chi connectivity index (χ3v) is 6.15. The lowest BCUT2D eigenvalue weighted by atomic mass is 10.1. The summed E-state index contributed by atoms with van der Waals surface area (Å²) in [7, 11) is -3.47. The number of benzene rings is 1. The molecule has 1 aromatic heterocycles. The van der Waals surface area contributed by atoms with Crippen LogP contribution in [0.15, 0.2) is 30.5 Å². The van der Waals surface area contributed by atoms with E-state index in [1.807, 2.05) is 30.5 Å². The van der Waals surface area contributed by atoms with E-state index >= 15 is 0 Å². The van der Waals surface area contributed by atoms with E-state index in [0.717, 1.165) is 16.5 Å². The number of carbonyl (C=O) groups excluding carboxylic acids is 1. The first-order valence-electron chi connectivity index (χ1n) is 8.47. The van der Waals surface area contributed by atoms with Crippen LogP contribution in [0.4, 0.5) is 0 Å². The predicted octanol–water partition coefficient (Wildman–Crippen LogP) is 1.10. The van der Waals surface area contributed by atoms with Crippen LogP contribution in [0.2, 0.25) is 0 Å². The highest BCUT2D eigenvalue weighted by atomic mass is 32.2. The summed E-state index contributed by atoms with van der Waals surface area (Å²) in [5.74, 6) is 0.0265. The first kappa shape index (κ1) is 17.9. The molecule has 7 nitrogen and oxygen atoms in total. The summed E-state index contributed by atoms with van der Waals surface area (Å²) < 4.78 is 28.4. The monoisotopic (exact) mass is 364 g/mol. The number of nitrogens with one attached hydrogen (secondary N) is 2. The van der Waals surface area contributed by atoms with Crippen molar-refractivity contribution in [3.05, 3.63) is 36.0 Å². The minimum Gasteiger partial charge on any atom is -0.361 e. The lowest BCUT2D eigenvalue weighted by molar-refractivity contribution is -0.131. The Morgan fingerprint density at radius 2 is 1.88 bits per heavy atom. The van der Waals surface area contributed by atoms with E-state index in [2.05, 4.69) is 9.71 Å². The smallest absolute Gasteiger partial charge is 0.279 e. The fourth-order valence-corrected chi connectivity index (χ4v) is 4.49. The molecule has 1 amide bonds. The Hall–Kier alpha value is -1.90. The lowest BCUT2D eigenvalue weighted by Crippen LogP contribution is -2.54. The molecule has 2 N–H and O–H groups in total. The third kappa shape index (κ3) is 4.02. The van der Waals surface area contributed by atoms with E-state index in [0.29, 0.717) is 32.6 Å². The Balaban J connectivity index is 1.60. The van der Waals surface area contributed by atoms with E-state index in [1.165, 1.54) is 4.31 Å². The summed E-state index contributed by atoms with van der Waals surface area (Å²) in [6.07, 6.45) is 2.19. The third-order valence-electron chi connectivity index (χ3n) is 4.33. The highest BCUT2D eigenvalue weighted by Crippen LogP contribution is 2.19. The van der Waals surface area contributed by atoms with Crippen molar-refractivity contribution in [2.45, 2.75) is 26.3 Å². The van der Waals surface area contributed by atoms with Gasteiger partial charge in [0.25, 0.3) is 10.2 Å². The fraction of sp³-hybridized carbons (Fsp3) is 0.471. The second-order valence-electron chi connectivity index (χ2n) is 6.59. The van der Waals surface area contributed by atoms with Crippen LogP contribution in [0, 0.1) is 0 Å². The number of aromatic amines is 1. The standard InChI is InChI=1S/C17H24N4O3S/c1-13(2)19-25(23,24)21-9-7-20(8-10-21)17(22)11-14-12-18-16-6-4-3-5-15(14)16/h3-6,12-13,18-19H,7-11H2,1-2H3. The molecule has 0 saturated carbocycles. The van der Waals surface area contributed by atoms with Crippen molar-refractivity contribution >= 4 is 27.0 Å². The van der Waals surface area contributed by atoms with Gasteiger partial charge >= 0.3 is 0 Å². The summed E-state index contributed by atoms with van der Waals surface area (Å²) in [5, 5.41) is 1.05. The maximum absolute atomic E-state index is 12.6. The summed E-state index contributed by atoms with van der Waals surface area (Å²) in [6, 6.07) is 7.74. The van der Waals surface area contributed by atoms with Crippen LogP contribution in [0.1, 0.15) is 19.4 Å². The van der Waals surface area contributed by atoms with Gasteiger partial charge in [-0.15, -0.1) is 0 Å². The highest BCUT2D eigenvalue weighted by molar-refractivity contribution is 7.87. The van der Waals surface area contributed by atoms with Crippen LogP contribution < -0.4 is 4.72 Å². The number of hydrogen-bond donors (Lipinski definition) is 2. The Kier molecular flexibility index (Phi) is 5.12. The summed E-state index contributed by atoms with van der Waals surface area (Å²) in [4.78, 5) is 17.5. The van der Waals surface area contributed by atoms with E-state index in [9.17, 15) is 13.2 Å². The lowest BCUT2D eigenvalue weighted by Gasteiger charge is -2.34. The molecule has 0 spiro atoms. The zero-order valence-electron chi connectivity index (χ0n) is 14.5. The summed E-state index contributed by atoms with van der Waals surface area (Å²) in [5.41, 5.74) is 1.98. The van der Waals surface area contributed by atoms with Crippen molar-refractivity contribution in [1.82, 2.24) is 18.9 Å². The molecule has 0 atom stereocenters. The van der Waals surface area contributed by atoms with Crippen molar-refractivity contribution in [3.8, 4) is 0 Å².